The predicted octanol–water partition coefficient (Wildman–Crippen LogP) is 2.13. The first kappa shape index (κ1) is 8.05. The van der Waals surface area contributed by atoms with Crippen LogP contribution in [0.2, 0.25) is 0 Å². The first-order valence-corrected chi connectivity index (χ1v) is 3.88. The summed E-state index contributed by atoms with van der Waals surface area (Å²) < 4.78 is 0. The van der Waals surface area contributed by atoms with Gasteiger partial charge in [0.05, 0.1) is 10.9 Å². The molecule has 0 radical (unpaired) electrons. The van der Waals surface area contributed by atoms with E-state index >= 15 is 0 Å². The number of hydrogen-bond donors (Lipinski definition) is 0. The lowest BCUT2D eigenvalue weighted by molar-refractivity contribution is 1.59. The summed E-state index contributed by atoms with van der Waals surface area (Å²) in [5, 5.41) is 0.904. The molecular formula is C5H8ClNS. The molecule has 0 saturated carbocycles. The van der Waals surface area contributed by atoms with E-state index in [0.717, 1.165) is 5.04 Å². The van der Waals surface area contributed by atoms with Crippen LogP contribution < -0.4 is 0 Å². The first-order valence-electron chi connectivity index (χ1n) is 2.12. The van der Waals surface area contributed by atoms with E-state index in [1.54, 1.807) is 11.8 Å². The van der Waals surface area contributed by atoms with Gasteiger partial charge in [0.2, 0.25) is 0 Å². The van der Waals surface area contributed by atoms with Crippen LogP contribution in [0.25, 0.3) is 0 Å². The van der Waals surface area contributed by atoms with Gasteiger partial charge in [-0.3, -0.25) is 4.99 Å². The number of thioether (sulfide) groups is 1. The van der Waals surface area contributed by atoms with E-state index in [-0.39, 0.29) is 0 Å². The molecule has 0 N–H and O–H groups in total. The fourth-order valence-corrected chi connectivity index (χ4v) is 0.929. The molecule has 0 aliphatic carbocycles. The van der Waals surface area contributed by atoms with E-state index in [2.05, 4.69) is 11.6 Å². The molecule has 0 aliphatic heterocycles. The minimum atomic E-state index is 0.479. The maximum Gasteiger partial charge on any atom is 0.0876 e. The summed E-state index contributed by atoms with van der Waals surface area (Å²) in [5.41, 5.74) is 0. The minimum Gasteiger partial charge on any atom is -0.254 e. The SMILES string of the molecule is C=CN=C(CCl)SC. The first-order chi connectivity index (χ1) is 3.85. The van der Waals surface area contributed by atoms with Crippen molar-refractivity contribution in [2.75, 3.05) is 12.1 Å². The van der Waals surface area contributed by atoms with Gasteiger partial charge in [-0.2, -0.15) is 0 Å². The highest BCUT2D eigenvalue weighted by Crippen LogP contribution is 1.99. The second kappa shape index (κ2) is 5.19. The summed E-state index contributed by atoms with van der Waals surface area (Å²) in [6, 6.07) is 0. The van der Waals surface area contributed by atoms with Crippen LogP contribution in [0.4, 0.5) is 0 Å². The third-order valence-corrected chi connectivity index (χ3v) is 1.72. The van der Waals surface area contributed by atoms with Crippen molar-refractivity contribution in [3.63, 3.8) is 0 Å². The zero-order valence-corrected chi connectivity index (χ0v) is 6.30. The number of alkyl halides is 1. The fraction of sp³-hybridized carbons (Fsp3) is 0.400. The Bertz CT molecular complexity index is 94.6. The van der Waals surface area contributed by atoms with Crippen LogP contribution in [0.5, 0.6) is 0 Å². The Morgan fingerprint density at radius 3 is 2.75 bits per heavy atom. The van der Waals surface area contributed by atoms with Crippen molar-refractivity contribution in [1.29, 1.82) is 0 Å². The number of nitrogens with zero attached hydrogens (tertiary/aromatic N) is 1. The Kier molecular flexibility index (Phi) is 5.22. The van der Waals surface area contributed by atoms with Crippen molar-refractivity contribution in [1.82, 2.24) is 0 Å². The maximum absolute atomic E-state index is 5.45. The summed E-state index contributed by atoms with van der Waals surface area (Å²) in [6.45, 7) is 3.44. The topological polar surface area (TPSA) is 12.4 Å². The number of rotatable bonds is 2. The molecule has 0 amide bonds. The van der Waals surface area contributed by atoms with Gasteiger partial charge in [0.15, 0.2) is 0 Å². The predicted molar refractivity (Wildman–Crippen MR) is 41.9 cm³/mol. The molecule has 8 heavy (non-hydrogen) atoms. The van der Waals surface area contributed by atoms with Crippen LogP contribution in [0.15, 0.2) is 17.8 Å². The molecule has 0 rings (SSSR count). The smallest absolute Gasteiger partial charge is 0.0876 e. The van der Waals surface area contributed by atoms with Gasteiger partial charge in [-0.05, 0) is 6.26 Å². The summed E-state index contributed by atoms with van der Waals surface area (Å²) in [7, 11) is 0. The lowest BCUT2D eigenvalue weighted by atomic mass is 10.8. The van der Waals surface area contributed by atoms with Crippen molar-refractivity contribution in [3.05, 3.63) is 12.8 Å². The third kappa shape index (κ3) is 3.10. The van der Waals surface area contributed by atoms with Gasteiger partial charge < -0.3 is 0 Å². The largest absolute Gasteiger partial charge is 0.254 e. The summed E-state index contributed by atoms with van der Waals surface area (Å²) in [5.74, 6) is 0.479. The van der Waals surface area contributed by atoms with E-state index in [1.807, 2.05) is 6.26 Å². The van der Waals surface area contributed by atoms with Crippen LogP contribution in [0, 0.1) is 0 Å². The monoisotopic (exact) mass is 149 g/mol. The highest BCUT2D eigenvalue weighted by Gasteiger charge is 1.88. The van der Waals surface area contributed by atoms with Crippen molar-refractivity contribution >= 4 is 28.4 Å². The molecule has 0 aliphatic rings. The van der Waals surface area contributed by atoms with Crippen LogP contribution in [0.3, 0.4) is 0 Å². The van der Waals surface area contributed by atoms with Crippen molar-refractivity contribution in [2.45, 2.75) is 0 Å². The van der Waals surface area contributed by atoms with E-state index in [1.165, 1.54) is 6.20 Å². The number of aliphatic imine (C=N–C) groups is 1. The average molecular weight is 150 g/mol. The van der Waals surface area contributed by atoms with Crippen LogP contribution in [-0.4, -0.2) is 17.2 Å². The van der Waals surface area contributed by atoms with Gasteiger partial charge in [0, 0.05) is 6.20 Å². The molecule has 0 spiro atoms. The van der Waals surface area contributed by atoms with Gasteiger partial charge >= 0.3 is 0 Å². The summed E-state index contributed by atoms with van der Waals surface area (Å²) >= 11 is 6.99. The van der Waals surface area contributed by atoms with E-state index in [0.29, 0.717) is 5.88 Å². The number of halogens is 1. The quantitative estimate of drug-likeness (QED) is 0.333. The second-order valence-electron chi connectivity index (χ2n) is 1.04. The summed E-state index contributed by atoms with van der Waals surface area (Å²) in [6.07, 6.45) is 3.43. The van der Waals surface area contributed by atoms with Crippen molar-refractivity contribution in [2.24, 2.45) is 4.99 Å². The Morgan fingerprint density at radius 2 is 2.62 bits per heavy atom. The molecule has 0 fully saturated rings. The molecule has 0 saturated heterocycles. The lowest BCUT2D eigenvalue weighted by Gasteiger charge is -1.90. The molecule has 0 atom stereocenters. The average Bonchev–Trinajstić information content (AvgIpc) is 1.83. The van der Waals surface area contributed by atoms with Crippen LogP contribution >= 0.6 is 23.4 Å². The van der Waals surface area contributed by atoms with Crippen LogP contribution in [0.1, 0.15) is 0 Å². The third-order valence-electron chi connectivity index (χ3n) is 0.585. The molecule has 0 unspecified atom stereocenters. The second-order valence-corrected chi connectivity index (χ2v) is 2.19. The van der Waals surface area contributed by atoms with Gasteiger partial charge in [-0.25, -0.2) is 0 Å². The van der Waals surface area contributed by atoms with Gasteiger partial charge in [0.1, 0.15) is 0 Å². The normalized spacial score (nSPS) is 11.5. The van der Waals surface area contributed by atoms with Crippen molar-refractivity contribution in [3.8, 4) is 0 Å². The molecule has 1 nitrogen and oxygen atoms in total. The van der Waals surface area contributed by atoms with Gasteiger partial charge in [-0.1, -0.05) is 6.58 Å². The molecule has 0 aromatic heterocycles. The molecule has 0 heterocycles. The molecular weight excluding hydrogens is 142 g/mol. The standard InChI is InChI=1S/C5H8ClNS/c1-3-7-5(4-6)8-2/h3H,1,4H2,2H3. The fourth-order valence-electron chi connectivity index (χ4n) is 0.244. The minimum absolute atomic E-state index is 0.479. The molecule has 0 aromatic carbocycles. The van der Waals surface area contributed by atoms with Gasteiger partial charge in [0.25, 0.3) is 0 Å². The maximum atomic E-state index is 5.45. The van der Waals surface area contributed by atoms with E-state index in [9.17, 15) is 0 Å². The molecule has 0 aromatic rings. The zero-order valence-electron chi connectivity index (χ0n) is 4.72. The summed E-state index contributed by atoms with van der Waals surface area (Å²) in [4.78, 5) is 3.87. The number of hydrogen-bond acceptors (Lipinski definition) is 2. The lowest BCUT2D eigenvalue weighted by Crippen LogP contribution is -1.89. The van der Waals surface area contributed by atoms with Crippen molar-refractivity contribution < 1.29 is 0 Å². The van der Waals surface area contributed by atoms with Crippen LogP contribution in [-0.2, 0) is 0 Å². The highest BCUT2D eigenvalue weighted by molar-refractivity contribution is 8.13. The highest BCUT2D eigenvalue weighted by atomic mass is 35.5. The Balaban J connectivity index is 3.66. The Hall–Kier alpha value is 0.0500. The van der Waals surface area contributed by atoms with Gasteiger partial charge in [-0.15, -0.1) is 23.4 Å². The Labute approximate surface area is 58.8 Å². The Morgan fingerprint density at radius 1 is 2.00 bits per heavy atom. The molecule has 46 valence electrons. The van der Waals surface area contributed by atoms with E-state index in [4.69, 9.17) is 11.6 Å². The zero-order chi connectivity index (χ0) is 6.41. The molecule has 3 heteroatoms. The molecule has 0 bridgehead atoms. The van der Waals surface area contributed by atoms with E-state index < -0.39 is 0 Å².